The Morgan fingerprint density at radius 3 is 1.47 bits per heavy atom. The zero-order valence-electron chi connectivity index (χ0n) is 37.0. The van der Waals surface area contributed by atoms with E-state index < -0.39 is 0 Å². The summed E-state index contributed by atoms with van der Waals surface area (Å²) in [6.07, 6.45) is 16.7. The average Bonchev–Trinajstić information content (AvgIpc) is 4.00. The zero-order valence-corrected chi connectivity index (χ0v) is 37.0. The largest absolute Gasteiger partial charge is 0.485 e. The van der Waals surface area contributed by atoms with Crippen molar-refractivity contribution in [2.45, 2.75) is 129 Å². The molecule has 0 saturated heterocycles. The summed E-state index contributed by atoms with van der Waals surface area (Å²) in [5.41, 5.74) is 10.1. The summed E-state index contributed by atoms with van der Waals surface area (Å²) in [4.78, 5) is 25.5. The molecular formula is C52H62N6O4+2. The van der Waals surface area contributed by atoms with Crippen molar-refractivity contribution in [2.24, 2.45) is 48.6 Å². The number of carbonyl (C=O) groups excluding carboxylic acids is 2. The lowest BCUT2D eigenvalue weighted by atomic mass is 9.55. The summed E-state index contributed by atoms with van der Waals surface area (Å²) in [6.45, 7) is 6.75. The lowest BCUT2D eigenvalue weighted by Gasteiger charge is -2.48. The molecule has 10 heteroatoms. The standard InChI is InChI=1S/C52H62N6O4/c1-51-23-21-43-41-15-11-39(25-35(41)9-13-45(43)47(51)17-19-49(51)59)61-31-37-29-57(53-55(37)3)27-33-5-7-34(8-6-33)28-58-30-38(56(4)54-58)32-62-40-12-16-42-36(26-40)10-14-46-44(42)22-24-52(2)48(46)18-20-50(52)60/h5-8,11-12,15-16,25-26,29-30,43-48H,9-10,13-14,17-24,27-28,31-32H2,1-4H3/q+2/t43-,44-,45-,46-,47+,48+,51+,52+/m1/s1. The van der Waals surface area contributed by atoms with Gasteiger partial charge in [-0.3, -0.25) is 9.59 Å². The number of aryl methyl sites for hydroxylation is 4. The highest BCUT2D eigenvalue weighted by atomic mass is 16.5. The van der Waals surface area contributed by atoms with Gasteiger partial charge in [-0.1, -0.05) is 50.2 Å². The molecular weight excluding hydrogens is 773 g/mol. The lowest BCUT2D eigenvalue weighted by molar-refractivity contribution is -0.748. The number of carbonyl (C=O) groups is 2. The fraction of sp³-hybridized carbons (Fsp3) is 0.538. The van der Waals surface area contributed by atoms with E-state index in [-0.39, 0.29) is 10.8 Å². The molecule has 0 N–H and O–H groups in total. The fourth-order valence-corrected chi connectivity index (χ4v) is 13.7. The highest BCUT2D eigenvalue weighted by molar-refractivity contribution is 5.87. The van der Waals surface area contributed by atoms with Gasteiger partial charge >= 0.3 is 0 Å². The Hall–Kier alpha value is -5.12. The van der Waals surface area contributed by atoms with E-state index in [0.717, 1.165) is 87.1 Å². The molecule has 11 rings (SSSR count). The molecule has 4 fully saturated rings. The third-order valence-corrected chi connectivity index (χ3v) is 17.2. The first-order chi connectivity index (χ1) is 30.0. The summed E-state index contributed by atoms with van der Waals surface area (Å²) < 4.78 is 20.5. The molecule has 322 valence electrons. The van der Waals surface area contributed by atoms with Gasteiger partial charge < -0.3 is 9.47 Å². The SMILES string of the molecule is Cn1n[n+](Cc2ccc(C[n+]3cc(COc4ccc5c(c4)CC[C@@H]4[C@@H]5CC[C@]5(C)C(=O)CC[C@@H]45)n(C)n3)cc2)cc1COc1ccc2c(c1)CC[C@@H]1[C@@H]2CC[C@]2(C)C(=O)CC[C@@H]12. The van der Waals surface area contributed by atoms with Crippen LogP contribution >= 0.6 is 0 Å². The minimum Gasteiger partial charge on any atom is -0.485 e. The number of rotatable bonds is 10. The van der Waals surface area contributed by atoms with E-state index in [1.165, 1.54) is 46.2 Å². The molecule has 62 heavy (non-hydrogen) atoms. The van der Waals surface area contributed by atoms with Gasteiger partial charge in [-0.25, -0.2) is 0 Å². The van der Waals surface area contributed by atoms with Gasteiger partial charge in [0.2, 0.25) is 11.4 Å². The molecule has 0 aliphatic heterocycles. The third-order valence-electron chi connectivity index (χ3n) is 17.2. The second-order valence-electron chi connectivity index (χ2n) is 20.4. The Morgan fingerprint density at radius 2 is 1.03 bits per heavy atom. The predicted molar refractivity (Wildman–Crippen MR) is 232 cm³/mol. The van der Waals surface area contributed by atoms with Gasteiger partial charge in [0.05, 0.1) is 10.4 Å². The van der Waals surface area contributed by atoms with Crippen LogP contribution in [-0.4, -0.2) is 31.4 Å². The van der Waals surface area contributed by atoms with Crippen molar-refractivity contribution in [2.75, 3.05) is 0 Å². The van der Waals surface area contributed by atoms with E-state index in [2.05, 4.69) is 86.9 Å². The highest BCUT2D eigenvalue weighted by Gasteiger charge is 2.56. The van der Waals surface area contributed by atoms with E-state index in [9.17, 15) is 9.59 Å². The number of ketones is 2. The summed E-state index contributed by atoms with van der Waals surface area (Å²) >= 11 is 0. The molecule has 0 spiro atoms. The van der Waals surface area contributed by atoms with Crippen LogP contribution < -0.4 is 18.8 Å². The second-order valence-corrected chi connectivity index (χ2v) is 20.4. The Labute approximate surface area is 365 Å². The summed E-state index contributed by atoms with van der Waals surface area (Å²) in [6, 6.07) is 22.1. The quantitative estimate of drug-likeness (QED) is 0.133. The molecule has 2 aromatic heterocycles. The predicted octanol–water partition coefficient (Wildman–Crippen LogP) is 7.83. The van der Waals surface area contributed by atoms with Crippen LogP contribution in [0.25, 0.3) is 0 Å². The third kappa shape index (κ3) is 6.82. The molecule has 0 radical (unpaired) electrons. The van der Waals surface area contributed by atoms with Gasteiger partial charge in [0.25, 0.3) is 0 Å². The molecule has 0 unspecified atom stereocenters. The van der Waals surface area contributed by atoms with Crippen LogP contribution in [-0.2, 0) is 62.8 Å². The fourth-order valence-electron chi connectivity index (χ4n) is 13.7. The number of nitrogens with zero attached hydrogens (tertiary/aromatic N) is 6. The Bertz CT molecular complexity index is 2380. The summed E-state index contributed by atoms with van der Waals surface area (Å²) in [5, 5.41) is 9.51. The molecule has 10 nitrogen and oxygen atoms in total. The molecule has 0 bridgehead atoms. The van der Waals surface area contributed by atoms with Crippen molar-refractivity contribution in [3.8, 4) is 11.5 Å². The van der Waals surface area contributed by atoms with Crippen LogP contribution in [0, 0.1) is 34.5 Å². The maximum Gasteiger partial charge on any atom is 0.204 e. The van der Waals surface area contributed by atoms with E-state index >= 15 is 0 Å². The van der Waals surface area contributed by atoms with E-state index in [1.807, 2.05) is 32.8 Å². The Kier molecular flexibility index (Phi) is 9.80. The van der Waals surface area contributed by atoms with Crippen LogP contribution in [0.3, 0.4) is 0 Å². The van der Waals surface area contributed by atoms with Crippen LogP contribution in [0.2, 0.25) is 0 Å². The molecule has 6 aliphatic rings. The van der Waals surface area contributed by atoms with E-state index in [1.54, 1.807) is 0 Å². The maximum absolute atomic E-state index is 12.8. The molecule has 3 aromatic carbocycles. The van der Waals surface area contributed by atoms with Gasteiger partial charge in [0.15, 0.2) is 25.6 Å². The monoisotopic (exact) mass is 834 g/mol. The smallest absolute Gasteiger partial charge is 0.204 e. The summed E-state index contributed by atoms with van der Waals surface area (Å²) in [5.74, 6) is 6.37. The lowest BCUT2D eigenvalue weighted by Crippen LogP contribution is -2.42. The number of hydrogen-bond acceptors (Lipinski definition) is 6. The molecule has 0 amide bonds. The molecule has 8 atom stereocenters. The minimum absolute atomic E-state index is 0.0818. The van der Waals surface area contributed by atoms with Crippen molar-refractivity contribution in [3.05, 3.63) is 118 Å². The molecule has 5 aromatic rings. The van der Waals surface area contributed by atoms with Crippen molar-refractivity contribution < 1.29 is 28.4 Å². The van der Waals surface area contributed by atoms with Crippen molar-refractivity contribution in [1.82, 2.24) is 19.8 Å². The number of fused-ring (bicyclic) bond motifs is 10. The maximum atomic E-state index is 12.8. The topological polar surface area (TPSA) is 96.0 Å². The number of benzene rings is 3. The van der Waals surface area contributed by atoms with E-state index in [0.29, 0.717) is 73.4 Å². The Balaban J connectivity index is 0.671. The highest BCUT2D eigenvalue weighted by Crippen LogP contribution is 2.61. The first-order valence-electron chi connectivity index (χ1n) is 23.5. The van der Waals surface area contributed by atoms with Crippen molar-refractivity contribution in [3.63, 3.8) is 0 Å². The first-order valence-corrected chi connectivity index (χ1v) is 23.5. The van der Waals surface area contributed by atoms with Gasteiger partial charge in [0.1, 0.15) is 50.3 Å². The van der Waals surface area contributed by atoms with Gasteiger partial charge in [-0.05, 0) is 157 Å². The number of hydrogen-bond donors (Lipinski definition) is 0. The van der Waals surface area contributed by atoms with Crippen molar-refractivity contribution >= 4 is 11.6 Å². The van der Waals surface area contributed by atoms with Gasteiger partial charge in [0, 0.05) is 23.7 Å². The zero-order chi connectivity index (χ0) is 42.3. The minimum atomic E-state index is -0.0818. The first kappa shape index (κ1) is 39.7. The van der Waals surface area contributed by atoms with Gasteiger partial charge in [-0.2, -0.15) is 0 Å². The average molecular weight is 835 g/mol. The summed E-state index contributed by atoms with van der Waals surface area (Å²) in [7, 11) is 3.96. The molecule has 2 heterocycles. The Morgan fingerprint density at radius 1 is 0.597 bits per heavy atom. The van der Waals surface area contributed by atoms with Crippen LogP contribution in [0.5, 0.6) is 11.5 Å². The van der Waals surface area contributed by atoms with Crippen LogP contribution in [0.1, 0.15) is 135 Å². The second kappa shape index (κ2) is 15.3. The number of Topliss-reactive ketones (excluding diaryl/α,β-unsaturated/α-hetero) is 2. The van der Waals surface area contributed by atoms with Crippen LogP contribution in [0.15, 0.2) is 73.1 Å². The van der Waals surface area contributed by atoms with Crippen LogP contribution in [0.4, 0.5) is 0 Å². The number of aromatic nitrogens is 6. The number of ether oxygens (including phenoxy) is 2. The van der Waals surface area contributed by atoms with Gasteiger partial charge in [-0.15, -0.1) is 18.7 Å². The normalized spacial score (nSPS) is 29.6. The molecule has 6 aliphatic carbocycles. The molecule has 4 saturated carbocycles. The van der Waals surface area contributed by atoms with Crippen molar-refractivity contribution in [1.29, 1.82) is 0 Å². The van der Waals surface area contributed by atoms with E-state index in [4.69, 9.17) is 19.9 Å².